The van der Waals surface area contributed by atoms with Gasteiger partial charge in [0.05, 0.1) is 17.5 Å². The predicted molar refractivity (Wildman–Crippen MR) is 137 cm³/mol. The summed E-state index contributed by atoms with van der Waals surface area (Å²) in [6, 6.07) is 5.70. The van der Waals surface area contributed by atoms with Crippen LogP contribution in [0.3, 0.4) is 0 Å². The van der Waals surface area contributed by atoms with E-state index in [1.54, 1.807) is 0 Å². The molecule has 1 aromatic carbocycles. The molecule has 0 atom stereocenters. The van der Waals surface area contributed by atoms with Gasteiger partial charge in [0, 0.05) is 69.8 Å². The molecule has 8 nitrogen and oxygen atoms in total. The lowest BCUT2D eigenvalue weighted by Gasteiger charge is -2.38. The summed E-state index contributed by atoms with van der Waals surface area (Å²) in [6.45, 7) is 5.35. The summed E-state index contributed by atoms with van der Waals surface area (Å²) >= 11 is 4.78. The number of hydrogen-bond donors (Lipinski definition) is 2. The van der Waals surface area contributed by atoms with E-state index >= 15 is 4.39 Å². The zero-order chi connectivity index (χ0) is 25.9. The molecule has 0 amide bonds. The maximum atomic E-state index is 15.3. The summed E-state index contributed by atoms with van der Waals surface area (Å²) in [5.41, 5.74) is 9.10. The van der Waals surface area contributed by atoms with Gasteiger partial charge in [0.25, 0.3) is 0 Å². The van der Waals surface area contributed by atoms with Crippen LogP contribution in [-0.4, -0.2) is 80.6 Å². The first kappa shape index (κ1) is 25.9. The second kappa shape index (κ2) is 10.8. The molecule has 13 heteroatoms. The maximum absolute atomic E-state index is 15.3. The van der Waals surface area contributed by atoms with Crippen LogP contribution in [0.4, 0.5) is 34.8 Å². The number of piperazine rings is 2. The fourth-order valence-electron chi connectivity index (χ4n) is 4.32. The third-order valence-corrected chi connectivity index (χ3v) is 6.43. The number of anilines is 3. The van der Waals surface area contributed by atoms with Crippen molar-refractivity contribution in [2.45, 2.75) is 6.18 Å². The van der Waals surface area contributed by atoms with Crippen LogP contribution < -0.4 is 25.9 Å². The number of pyridine rings is 1. The highest BCUT2D eigenvalue weighted by Gasteiger charge is 2.31. The molecular weight excluding hydrogens is 496 g/mol. The molecule has 2 aliphatic heterocycles. The van der Waals surface area contributed by atoms with Crippen LogP contribution in [-0.2, 0) is 6.18 Å². The molecule has 3 heterocycles. The van der Waals surface area contributed by atoms with Gasteiger partial charge in [-0.1, -0.05) is 0 Å². The number of nitrogens with two attached hydrogens (primary N) is 1. The van der Waals surface area contributed by atoms with Crippen molar-refractivity contribution in [3.05, 3.63) is 47.4 Å². The molecule has 0 saturated carbocycles. The summed E-state index contributed by atoms with van der Waals surface area (Å²) in [6.07, 6.45) is -2.07. The van der Waals surface area contributed by atoms with E-state index in [2.05, 4.69) is 32.4 Å². The van der Waals surface area contributed by atoms with Crippen LogP contribution in [0.25, 0.3) is 0 Å². The first-order valence-electron chi connectivity index (χ1n) is 11.5. The Balaban J connectivity index is 1.52. The quantitative estimate of drug-likeness (QED) is 0.268. The van der Waals surface area contributed by atoms with E-state index in [-0.39, 0.29) is 10.9 Å². The van der Waals surface area contributed by atoms with Crippen molar-refractivity contribution in [1.29, 1.82) is 0 Å². The molecule has 3 N–H and O–H groups in total. The first-order valence-corrected chi connectivity index (χ1v) is 11.9. The second-order valence-electron chi connectivity index (χ2n) is 8.76. The van der Waals surface area contributed by atoms with Crippen LogP contribution in [0.15, 0.2) is 35.6 Å². The summed E-state index contributed by atoms with van der Waals surface area (Å²) in [5.74, 6) is 0.0869. The van der Waals surface area contributed by atoms with Gasteiger partial charge in [0.15, 0.2) is 5.11 Å². The summed E-state index contributed by atoms with van der Waals surface area (Å²) in [4.78, 5) is 12.3. The number of hydrazone groups is 1. The Labute approximate surface area is 212 Å². The Kier molecular flexibility index (Phi) is 7.79. The molecule has 2 saturated heterocycles. The van der Waals surface area contributed by atoms with Gasteiger partial charge in [0.2, 0.25) is 0 Å². The fourth-order valence-corrected chi connectivity index (χ4v) is 4.37. The predicted octanol–water partition coefficient (Wildman–Crippen LogP) is 2.49. The van der Waals surface area contributed by atoms with Gasteiger partial charge < -0.3 is 25.3 Å². The number of thiocarbonyl (C=S) groups is 1. The molecule has 4 rings (SSSR count). The van der Waals surface area contributed by atoms with E-state index in [1.807, 2.05) is 15.9 Å². The number of nitrogens with zero attached hydrogens (tertiary/aromatic N) is 6. The first-order chi connectivity index (χ1) is 17.1. The van der Waals surface area contributed by atoms with Gasteiger partial charge in [-0.2, -0.15) is 18.3 Å². The highest BCUT2D eigenvalue weighted by atomic mass is 32.1. The van der Waals surface area contributed by atoms with E-state index in [0.717, 1.165) is 44.1 Å². The van der Waals surface area contributed by atoms with Gasteiger partial charge in [-0.05, 0) is 43.5 Å². The van der Waals surface area contributed by atoms with Crippen LogP contribution in [0.1, 0.15) is 11.1 Å². The standard InChI is InChI=1S/C23H28F4N8S/c1-32-4-6-33(7-5-32)19-13-20(18(24)12-16(19)14-30-31-22(28)36)34-8-10-35(11-9-34)21-3-2-17(15-29-21)23(25,26)27/h2-3,12-15H,4-11H2,1H3,(H3,28,31,36)/b30-14+. The van der Waals surface area contributed by atoms with Gasteiger partial charge in [-0.3, -0.25) is 5.43 Å². The van der Waals surface area contributed by atoms with Crippen molar-refractivity contribution in [1.82, 2.24) is 15.3 Å². The SMILES string of the molecule is CN1CCN(c2cc(N3CCN(c4ccc(C(F)(F)F)cn4)CC3)c(F)cc2/C=N/NC(N)=S)CC1. The number of benzene rings is 1. The molecular formula is C23H28F4N8S. The molecule has 0 unspecified atom stereocenters. The van der Waals surface area contributed by atoms with Gasteiger partial charge in [-0.15, -0.1) is 0 Å². The van der Waals surface area contributed by atoms with Crippen LogP contribution in [0.2, 0.25) is 0 Å². The lowest BCUT2D eigenvalue weighted by molar-refractivity contribution is -0.137. The monoisotopic (exact) mass is 524 g/mol. The van der Waals surface area contributed by atoms with Crippen LogP contribution in [0, 0.1) is 5.82 Å². The highest BCUT2D eigenvalue weighted by molar-refractivity contribution is 7.80. The minimum atomic E-state index is -4.42. The molecule has 0 radical (unpaired) electrons. The average Bonchev–Trinajstić information content (AvgIpc) is 2.84. The summed E-state index contributed by atoms with van der Waals surface area (Å²) in [5, 5.41) is 4.04. The minimum Gasteiger partial charge on any atom is -0.375 e. The molecule has 36 heavy (non-hydrogen) atoms. The Hall–Kier alpha value is -3.19. The maximum Gasteiger partial charge on any atom is 0.417 e. The van der Waals surface area contributed by atoms with Gasteiger partial charge >= 0.3 is 6.18 Å². The van der Waals surface area contributed by atoms with E-state index in [1.165, 1.54) is 18.3 Å². The van der Waals surface area contributed by atoms with Crippen LogP contribution >= 0.6 is 12.2 Å². The third-order valence-electron chi connectivity index (χ3n) is 6.34. The molecule has 0 bridgehead atoms. The Bertz CT molecular complexity index is 1090. The number of rotatable bonds is 5. The number of halogens is 4. The molecule has 0 spiro atoms. The molecule has 2 fully saturated rings. The van der Waals surface area contributed by atoms with Crippen molar-refractivity contribution in [2.75, 3.05) is 74.1 Å². The van der Waals surface area contributed by atoms with E-state index in [0.29, 0.717) is 43.2 Å². The molecule has 2 aromatic rings. The largest absolute Gasteiger partial charge is 0.417 e. The van der Waals surface area contributed by atoms with Crippen molar-refractivity contribution < 1.29 is 17.6 Å². The van der Waals surface area contributed by atoms with Crippen molar-refractivity contribution in [3.63, 3.8) is 0 Å². The van der Waals surface area contributed by atoms with E-state index < -0.39 is 11.7 Å². The van der Waals surface area contributed by atoms with E-state index in [9.17, 15) is 13.2 Å². The zero-order valence-corrected chi connectivity index (χ0v) is 20.6. The smallest absolute Gasteiger partial charge is 0.375 e. The van der Waals surface area contributed by atoms with Crippen molar-refractivity contribution >= 4 is 40.7 Å². The second-order valence-corrected chi connectivity index (χ2v) is 9.20. The normalized spacial score (nSPS) is 17.6. The third kappa shape index (κ3) is 6.13. The van der Waals surface area contributed by atoms with Crippen LogP contribution in [0.5, 0.6) is 0 Å². The highest BCUT2D eigenvalue weighted by Crippen LogP contribution is 2.32. The lowest BCUT2D eigenvalue weighted by Crippen LogP contribution is -2.47. The van der Waals surface area contributed by atoms with Crippen molar-refractivity contribution in [2.24, 2.45) is 10.8 Å². The number of alkyl halides is 3. The number of nitrogens with one attached hydrogen (secondary N) is 1. The Morgan fingerprint density at radius 3 is 2.19 bits per heavy atom. The molecule has 2 aliphatic rings. The topological polar surface area (TPSA) is 76.3 Å². The Morgan fingerprint density at radius 2 is 1.61 bits per heavy atom. The minimum absolute atomic E-state index is 0.0184. The summed E-state index contributed by atoms with van der Waals surface area (Å²) in [7, 11) is 2.06. The molecule has 194 valence electrons. The molecule has 0 aliphatic carbocycles. The average molecular weight is 525 g/mol. The number of hydrogen-bond acceptors (Lipinski definition) is 7. The van der Waals surface area contributed by atoms with Crippen molar-refractivity contribution in [3.8, 4) is 0 Å². The van der Waals surface area contributed by atoms with E-state index in [4.69, 9.17) is 18.0 Å². The van der Waals surface area contributed by atoms with Gasteiger partial charge in [0.1, 0.15) is 11.6 Å². The lowest BCUT2D eigenvalue weighted by atomic mass is 10.1. The fraction of sp³-hybridized carbons (Fsp3) is 0.435. The number of likely N-dealkylation sites (N-methyl/N-ethyl adjacent to an activating group) is 1. The number of aromatic nitrogens is 1. The zero-order valence-electron chi connectivity index (χ0n) is 19.8. The summed E-state index contributed by atoms with van der Waals surface area (Å²) < 4.78 is 53.8. The molecule has 1 aromatic heterocycles. The van der Waals surface area contributed by atoms with Gasteiger partial charge in [-0.25, -0.2) is 9.37 Å². The Morgan fingerprint density at radius 1 is 1.00 bits per heavy atom.